The van der Waals surface area contributed by atoms with E-state index < -0.39 is 0 Å². The van der Waals surface area contributed by atoms with Crippen molar-refractivity contribution in [1.82, 2.24) is 19.5 Å². The lowest BCUT2D eigenvalue weighted by molar-refractivity contribution is 0.673. The van der Waals surface area contributed by atoms with Crippen LogP contribution in [0.25, 0.3) is 11.2 Å². The Labute approximate surface area is 108 Å². The third-order valence-corrected chi connectivity index (χ3v) is 3.04. The molecule has 0 unspecified atom stereocenters. The fraction of sp³-hybridized carbons (Fsp3) is 0.154. The first-order valence-electron chi connectivity index (χ1n) is 5.99. The molecular weight excluding hydrogens is 242 g/mol. The molecular formula is C13H13N5O. The molecule has 0 radical (unpaired) electrons. The molecule has 3 aromatic rings. The normalized spacial score (nSPS) is 10.9. The summed E-state index contributed by atoms with van der Waals surface area (Å²) in [5, 5.41) is 0. The van der Waals surface area contributed by atoms with Crippen LogP contribution in [0.1, 0.15) is 5.56 Å². The number of hydrogen-bond donors (Lipinski definition) is 2. The molecule has 0 bridgehead atoms. The van der Waals surface area contributed by atoms with Crippen LogP contribution < -0.4 is 11.3 Å². The molecule has 96 valence electrons. The van der Waals surface area contributed by atoms with Gasteiger partial charge in [0.15, 0.2) is 11.2 Å². The van der Waals surface area contributed by atoms with Gasteiger partial charge in [-0.1, -0.05) is 30.3 Å². The molecule has 2 heterocycles. The number of anilines is 1. The fourth-order valence-electron chi connectivity index (χ4n) is 2.04. The number of nitrogens with zero attached hydrogens (tertiary/aromatic N) is 3. The van der Waals surface area contributed by atoms with Crippen molar-refractivity contribution in [3.63, 3.8) is 0 Å². The second-order valence-electron chi connectivity index (χ2n) is 4.26. The van der Waals surface area contributed by atoms with Gasteiger partial charge < -0.3 is 10.7 Å². The minimum atomic E-state index is -0.209. The van der Waals surface area contributed by atoms with Crippen molar-refractivity contribution in [2.45, 2.75) is 13.0 Å². The van der Waals surface area contributed by atoms with Crippen LogP contribution in [0.15, 0.2) is 41.5 Å². The molecule has 3 rings (SSSR count). The number of nitrogen functional groups attached to an aromatic ring is 1. The smallest absolute Gasteiger partial charge is 0.283 e. The zero-order valence-electron chi connectivity index (χ0n) is 10.2. The summed E-state index contributed by atoms with van der Waals surface area (Å²) in [6.45, 7) is 0.491. The summed E-state index contributed by atoms with van der Waals surface area (Å²) in [6.07, 6.45) is 2.17. The Balaban J connectivity index is 1.94. The van der Waals surface area contributed by atoms with Crippen molar-refractivity contribution in [2.75, 3.05) is 5.73 Å². The van der Waals surface area contributed by atoms with Crippen LogP contribution in [0.2, 0.25) is 0 Å². The number of fused-ring (bicyclic) bond motifs is 1. The number of benzene rings is 1. The van der Waals surface area contributed by atoms with Crippen LogP contribution in [-0.4, -0.2) is 19.5 Å². The van der Waals surface area contributed by atoms with Gasteiger partial charge >= 0.3 is 0 Å². The summed E-state index contributed by atoms with van der Waals surface area (Å²) in [5.41, 5.74) is 7.51. The van der Waals surface area contributed by atoms with Crippen molar-refractivity contribution >= 4 is 17.1 Å². The maximum absolute atomic E-state index is 12.2. The lowest BCUT2D eigenvalue weighted by Crippen LogP contribution is -2.25. The topological polar surface area (TPSA) is 89.6 Å². The number of hydrogen-bond acceptors (Lipinski definition) is 4. The molecule has 0 fully saturated rings. The SMILES string of the molecule is Nc1nc2[nH]cnc2c(=O)n1CCc1ccccc1. The van der Waals surface area contributed by atoms with Crippen molar-refractivity contribution in [1.29, 1.82) is 0 Å². The van der Waals surface area contributed by atoms with Crippen molar-refractivity contribution in [3.8, 4) is 0 Å². The van der Waals surface area contributed by atoms with E-state index in [2.05, 4.69) is 15.0 Å². The van der Waals surface area contributed by atoms with E-state index in [1.54, 1.807) is 0 Å². The van der Waals surface area contributed by atoms with Gasteiger partial charge in [0.25, 0.3) is 5.56 Å². The molecule has 0 aliphatic rings. The molecule has 19 heavy (non-hydrogen) atoms. The van der Waals surface area contributed by atoms with E-state index in [9.17, 15) is 4.79 Å². The van der Waals surface area contributed by atoms with Gasteiger partial charge in [-0.05, 0) is 12.0 Å². The van der Waals surface area contributed by atoms with Crippen LogP contribution in [0.5, 0.6) is 0 Å². The molecule has 0 atom stereocenters. The summed E-state index contributed by atoms with van der Waals surface area (Å²) in [5.74, 6) is 0.206. The molecule has 6 heteroatoms. The van der Waals surface area contributed by atoms with E-state index in [-0.39, 0.29) is 11.5 Å². The van der Waals surface area contributed by atoms with Crippen LogP contribution in [-0.2, 0) is 13.0 Å². The Morgan fingerprint density at radius 1 is 1.26 bits per heavy atom. The lowest BCUT2D eigenvalue weighted by Gasteiger charge is -2.08. The quantitative estimate of drug-likeness (QED) is 0.729. The molecule has 6 nitrogen and oxygen atoms in total. The number of rotatable bonds is 3. The van der Waals surface area contributed by atoms with E-state index in [1.807, 2.05) is 30.3 Å². The Morgan fingerprint density at radius 2 is 2.05 bits per heavy atom. The predicted octanol–water partition coefficient (Wildman–Crippen LogP) is 0.944. The molecule has 0 saturated carbocycles. The molecule has 0 aliphatic carbocycles. The third kappa shape index (κ3) is 2.08. The fourth-order valence-corrected chi connectivity index (χ4v) is 2.04. The number of nitrogens with one attached hydrogen (secondary N) is 1. The zero-order valence-corrected chi connectivity index (χ0v) is 10.2. The average molecular weight is 255 g/mol. The van der Waals surface area contributed by atoms with Gasteiger partial charge in [-0.15, -0.1) is 0 Å². The van der Waals surface area contributed by atoms with E-state index in [4.69, 9.17) is 5.73 Å². The second kappa shape index (κ2) is 4.56. The highest BCUT2D eigenvalue weighted by Crippen LogP contribution is 2.06. The minimum absolute atomic E-state index is 0.206. The molecule has 0 aliphatic heterocycles. The highest BCUT2D eigenvalue weighted by Gasteiger charge is 2.10. The van der Waals surface area contributed by atoms with Gasteiger partial charge in [-0.2, -0.15) is 4.98 Å². The second-order valence-corrected chi connectivity index (χ2v) is 4.26. The number of nitrogens with two attached hydrogens (primary N) is 1. The van der Waals surface area contributed by atoms with Crippen molar-refractivity contribution in [2.24, 2.45) is 0 Å². The summed E-state index contributed by atoms with van der Waals surface area (Å²) < 4.78 is 1.45. The number of imidazole rings is 1. The van der Waals surface area contributed by atoms with E-state index in [0.29, 0.717) is 17.7 Å². The highest BCUT2D eigenvalue weighted by molar-refractivity contribution is 5.69. The van der Waals surface area contributed by atoms with Crippen LogP contribution >= 0.6 is 0 Å². The van der Waals surface area contributed by atoms with E-state index >= 15 is 0 Å². The summed E-state index contributed by atoms with van der Waals surface area (Å²) in [7, 11) is 0. The molecule has 0 spiro atoms. The lowest BCUT2D eigenvalue weighted by atomic mass is 10.1. The van der Waals surface area contributed by atoms with Gasteiger partial charge in [0.2, 0.25) is 5.95 Å². The first kappa shape index (κ1) is 11.5. The number of aromatic nitrogens is 4. The van der Waals surface area contributed by atoms with E-state index in [1.165, 1.54) is 10.9 Å². The van der Waals surface area contributed by atoms with Gasteiger partial charge in [0, 0.05) is 6.54 Å². The Bertz CT molecular complexity index is 760. The Hall–Kier alpha value is -2.63. The van der Waals surface area contributed by atoms with Crippen LogP contribution in [0, 0.1) is 0 Å². The maximum Gasteiger partial charge on any atom is 0.283 e. The first-order valence-corrected chi connectivity index (χ1v) is 5.99. The van der Waals surface area contributed by atoms with E-state index in [0.717, 1.165) is 12.0 Å². The molecule has 2 aromatic heterocycles. The largest absolute Gasteiger partial charge is 0.369 e. The maximum atomic E-state index is 12.2. The highest BCUT2D eigenvalue weighted by atomic mass is 16.1. The number of aryl methyl sites for hydroxylation is 1. The van der Waals surface area contributed by atoms with Crippen molar-refractivity contribution < 1.29 is 0 Å². The first-order chi connectivity index (χ1) is 9.25. The summed E-state index contributed by atoms with van der Waals surface area (Å²) in [4.78, 5) is 23.1. The van der Waals surface area contributed by atoms with Gasteiger partial charge in [0.1, 0.15) is 0 Å². The Morgan fingerprint density at radius 3 is 2.84 bits per heavy atom. The molecule has 0 saturated heterocycles. The minimum Gasteiger partial charge on any atom is -0.369 e. The van der Waals surface area contributed by atoms with Crippen molar-refractivity contribution in [3.05, 3.63) is 52.6 Å². The van der Waals surface area contributed by atoms with Crippen LogP contribution in [0.4, 0.5) is 5.95 Å². The molecule has 3 N–H and O–H groups in total. The van der Waals surface area contributed by atoms with Crippen LogP contribution in [0.3, 0.4) is 0 Å². The van der Waals surface area contributed by atoms with Gasteiger partial charge in [-0.25, -0.2) is 4.98 Å². The molecule has 0 amide bonds. The summed E-state index contributed by atoms with van der Waals surface area (Å²) >= 11 is 0. The van der Waals surface area contributed by atoms with Gasteiger partial charge in [0.05, 0.1) is 6.33 Å². The Kier molecular flexibility index (Phi) is 2.75. The standard InChI is InChI=1S/C13H13N5O/c14-13-17-11-10(15-8-16-11)12(19)18(13)7-6-9-4-2-1-3-5-9/h1-5,8H,6-7H2,(H2,14,17)(H,15,16). The monoisotopic (exact) mass is 255 g/mol. The third-order valence-electron chi connectivity index (χ3n) is 3.04. The number of H-pyrrole nitrogens is 1. The molecule has 1 aromatic carbocycles. The number of aromatic amines is 1. The zero-order chi connectivity index (χ0) is 13.2. The average Bonchev–Trinajstić information content (AvgIpc) is 2.88. The predicted molar refractivity (Wildman–Crippen MR) is 72.7 cm³/mol. The summed E-state index contributed by atoms with van der Waals surface area (Å²) in [6, 6.07) is 9.93. The van der Waals surface area contributed by atoms with Gasteiger partial charge in [-0.3, -0.25) is 9.36 Å².